The van der Waals surface area contributed by atoms with Crippen LogP contribution in [0.5, 0.6) is 0 Å². The van der Waals surface area contributed by atoms with Gasteiger partial charge in [0.05, 0.1) is 0 Å². The first kappa shape index (κ1) is 49.7. The van der Waals surface area contributed by atoms with Gasteiger partial charge in [0.1, 0.15) is 0 Å². The molecule has 6 heteroatoms. The Labute approximate surface area is 386 Å². The van der Waals surface area contributed by atoms with Gasteiger partial charge < -0.3 is 0 Å². The number of fused-ring (bicyclic) bond motifs is 2. The number of hydrogen-bond acceptors (Lipinski definition) is 0. The number of unbranched alkanes of at least 4 members (excludes halogenated alkanes) is 6. The first-order chi connectivity index (χ1) is 28.9. The fourth-order valence-electron chi connectivity index (χ4n) is 11.1. The number of benzene rings is 4. The third-order valence-corrected chi connectivity index (χ3v) is 79.6. The van der Waals surface area contributed by atoms with E-state index in [9.17, 15) is 0 Å². The van der Waals surface area contributed by atoms with Crippen LogP contribution in [0.2, 0.25) is 100 Å². The number of hydrogen-bond donors (Lipinski definition) is 0. The van der Waals surface area contributed by atoms with Crippen molar-refractivity contribution in [2.24, 2.45) is 0 Å². The van der Waals surface area contributed by atoms with Crippen LogP contribution in [0.4, 0.5) is 0 Å². The molecule has 0 fully saturated rings. The molecule has 0 aliphatic heterocycles. The topological polar surface area (TPSA) is 0 Å². The van der Waals surface area contributed by atoms with Gasteiger partial charge >= 0.3 is 390 Å². The summed E-state index contributed by atoms with van der Waals surface area (Å²) in [6.45, 7) is 35.1. The summed E-state index contributed by atoms with van der Waals surface area (Å²) >= 11 is -4.13. The molecule has 2 atom stereocenters. The van der Waals surface area contributed by atoms with E-state index in [4.69, 9.17) is 0 Å². The second kappa shape index (κ2) is 18.9. The van der Waals surface area contributed by atoms with Crippen LogP contribution >= 0.6 is 0 Å². The molecule has 0 amide bonds. The van der Waals surface area contributed by atoms with Crippen LogP contribution in [-0.2, 0) is 17.1 Å². The van der Waals surface area contributed by atoms with Crippen LogP contribution in [0, 0.1) is 0 Å². The molecule has 0 bridgehead atoms. The van der Waals surface area contributed by atoms with Gasteiger partial charge in [-0.1, -0.05) is 0 Å². The van der Waals surface area contributed by atoms with Gasteiger partial charge in [0, 0.05) is 0 Å². The first-order valence-corrected chi connectivity index (χ1v) is 57.5. The second-order valence-electron chi connectivity index (χ2n) is 24.7. The van der Waals surface area contributed by atoms with Crippen LogP contribution in [0.15, 0.2) is 84.9 Å². The molecule has 0 heterocycles. The molecule has 4 aromatic carbocycles. The molecule has 2 aliphatic rings. The summed E-state index contributed by atoms with van der Waals surface area (Å²) in [5.41, 5.74) is 11.6. The molecule has 0 N–H and O–H groups in total. The van der Waals surface area contributed by atoms with Gasteiger partial charge in [0.25, 0.3) is 0 Å². The van der Waals surface area contributed by atoms with Crippen molar-refractivity contribution < 1.29 is 17.1 Å². The van der Waals surface area contributed by atoms with Gasteiger partial charge in [0.15, 0.2) is 0 Å². The Hall–Kier alpha value is -1.69. The average molecular weight is 1080 g/mol. The predicted molar refractivity (Wildman–Crippen MR) is 295 cm³/mol. The maximum absolute atomic E-state index is 4.13. The summed E-state index contributed by atoms with van der Waals surface area (Å²) in [6.07, 6.45) is 21.9. The molecule has 0 nitrogen and oxygen atoms in total. The Balaban J connectivity index is 1.60. The van der Waals surface area contributed by atoms with E-state index in [0.29, 0.717) is 7.35 Å². The SMILES string of the molecule is CCCCCC[Si](CCCCCC)=[Hf]([CH3])([CH3])([CH]1C=Cc2c(-c3cc([Si](C)(C)C)cc([Si](C)(C)C)c3)cccc21)[CH]1C=Cc2c(-c3cc([Si](C)(C)C)cc([Si](C)(C)C)c3)cccc21. The van der Waals surface area contributed by atoms with Crippen LogP contribution < -0.4 is 20.7 Å². The van der Waals surface area contributed by atoms with E-state index in [1.54, 1.807) is 31.9 Å². The Morgan fingerprint density at radius 1 is 0.452 bits per heavy atom. The Bertz CT molecular complexity index is 2170. The van der Waals surface area contributed by atoms with E-state index >= 15 is 0 Å². The zero-order valence-electron chi connectivity index (χ0n) is 42.5. The van der Waals surface area contributed by atoms with Crippen LogP contribution in [0.25, 0.3) is 34.4 Å². The number of rotatable bonds is 18. The van der Waals surface area contributed by atoms with E-state index in [-0.39, 0.29) is 0 Å². The third-order valence-electron chi connectivity index (χ3n) is 15.5. The Morgan fingerprint density at radius 2 is 0.790 bits per heavy atom. The zero-order valence-corrected chi connectivity index (χ0v) is 51.1. The van der Waals surface area contributed by atoms with Crippen molar-refractivity contribution in [2.75, 3.05) is 0 Å². The molecule has 0 radical (unpaired) electrons. The standard InChI is InChI=1S/2C21H27Si2.C12H26Si.2CH3.Hf/c2*1-22(2,3)18-13-17(14-19(15-18)23(4,5)6)21-12-8-10-16-9-7-11-20(16)21;1-3-5-7-9-11-13-12-10-8-6-4-2;;;/h2*7-15H,1-6H3;3-12H2,1-2H3;2*1H3;. The zero-order chi connectivity index (χ0) is 45.5. The van der Waals surface area contributed by atoms with Crippen molar-refractivity contribution >= 4 is 70.7 Å². The normalized spacial score (nSPS) is 16.9. The van der Waals surface area contributed by atoms with E-state index in [0.717, 1.165) is 0 Å². The molecule has 0 saturated carbocycles. The van der Waals surface area contributed by atoms with Crippen molar-refractivity contribution in [1.82, 2.24) is 0 Å². The van der Waals surface area contributed by atoms with Gasteiger partial charge in [-0.25, -0.2) is 0 Å². The quantitative estimate of drug-likeness (QED) is 0.0688. The van der Waals surface area contributed by atoms with Gasteiger partial charge in [-0.15, -0.1) is 0 Å². The molecule has 334 valence electrons. The predicted octanol–water partition coefficient (Wildman–Crippen LogP) is 16.0. The summed E-state index contributed by atoms with van der Waals surface area (Å²) in [5.74, 6) is 0. The fraction of sp³-hybridized carbons (Fsp3) is 0.500. The number of allylic oxidation sites excluding steroid dienone is 2. The molecule has 2 unspecified atom stereocenters. The third kappa shape index (κ3) is 10.3. The van der Waals surface area contributed by atoms with Gasteiger partial charge in [0.2, 0.25) is 0 Å². The van der Waals surface area contributed by atoms with Gasteiger partial charge in [-0.2, -0.15) is 0 Å². The first-order valence-electron chi connectivity index (χ1n) is 24.9. The molecule has 0 saturated heterocycles. The summed E-state index contributed by atoms with van der Waals surface area (Å²) < 4.78 is 7.18. The molecule has 2 aliphatic carbocycles. The van der Waals surface area contributed by atoms with Crippen molar-refractivity contribution in [3.8, 4) is 22.3 Å². The van der Waals surface area contributed by atoms with Crippen molar-refractivity contribution in [1.29, 1.82) is 0 Å². The second-order valence-corrected chi connectivity index (χ2v) is 91.0. The summed E-state index contributed by atoms with van der Waals surface area (Å²) in [5, 5.41) is 6.45. The molecule has 0 aromatic heterocycles. The van der Waals surface area contributed by atoms with Crippen LogP contribution in [0.3, 0.4) is 0 Å². The van der Waals surface area contributed by atoms with Gasteiger partial charge in [-0.05, 0) is 0 Å². The minimum atomic E-state index is -4.13. The molecule has 0 spiro atoms. The average Bonchev–Trinajstić information content (AvgIpc) is 3.85. The van der Waals surface area contributed by atoms with E-state index < -0.39 is 54.9 Å². The molecule has 4 aromatic rings. The maximum atomic E-state index is 3.03. The molecular formula is C56H86HfSi5. The van der Waals surface area contributed by atoms with E-state index in [1.807, 2.05) is 0 Å². The monoisotopic (exact) mass is 1080 g/mol. The minimum absolute atomic E-state index is 0.558. The van der Waals surface area contributed by atoms with E-state index in [2.05, 4.69) is 199 Å². The van der Waals surface area contributed by atoms with E-state index in [1.165, 1.54) is 96.8 Å². The molecule has 62 heavy (non-hydrogen) atoms. The summed E-state index contributed by atoms with van der Waals surface area (Å²) in [4.78, 5) is 0. The van der Waals surface area contributed by atoms with Crippen molar-refractivity contribution in [3.63, 3.8) is 0 Å². The summed E-state index contributed by atoms with van der Waals surface area (Å²) in [6, 6.07) is 33.7. The van der Waals surface area contributed by atoms with Crippen LogP contribution in [0.1, 0.15) is 94.8 Å². The Morgan fingerprint density at radius 3 is 1.10 bits per heavy atom. The molecule has 6 rings (SSSR count). The fourth-order valence-corrected chi connectivity index (χ4v) is 69.6. The van der Waals surface area contributed by atoms with Crippen molar-refractivity contribution in [2.45, 2.75) is 173 Å². The van der Waals surface area contributed by atoms with Gasteiger partial charge in [-0.3, -0.25) is 0 Å². The summed E-state index contributed by atoms with van der Waals surface area (Å²) in [7, 11) is -6.13. The Kier molecular flexibility index (Phi) is 15.2. The molecular weight excluding hydrogens is 992 g/mol. The van der Waals surface area contributed by atoms with Crippen molar-refractivity contribution in [3.05, 3.63) is 107 Å². The van der Waals surface area contributed by atoms with Crippen LogP contribution in [-0.4, -0.2) is 37.8 Å².